The number of anilines is 1. The monoisotopic (exact) mass is 282 g/mol. The van der Waals surface area contributed by atoms with Gasteiger partial charge in [0.1, 0.15) is 0 Å². The number of carbonyl (C=O) groups excluding carboxylic acids is 1. The Morgan fingerprint density at radius 2 is 2.16 bits per heavy atom. The van der Waals surface area contributed by atoms with Crippen molar-refractivity contribution < 1.29 is 14.7 Å². The van der Waals surface area contributed by atoms with Gasteiger partial charge in [0.2, 0.25) is 5.91 Å². The van der Waals surface area contributed by atoms with Crippen LogP contribution in [0.25, 0.3) is 0 Å². The van der Waals surface area contributed by atoms with Crippen molar-refractivity contribution in [3.8, 4) is 0 Å². The lowest BCUT2D eigenvalue weighted by Crippen LogP contribution is -2.33. The Labute approximate surface area is 116 Å². The number of aromatic nitrogens is 1. The Bertz CT molecular complexity index is 478. The summed E-state index contributed by atoms with van der Waals surface area (Å²) in [5.74, 6) is -0.882. The van der Waals surface area contributed by atoms with Crippen LogP contribution in [0, 0.1) is 5.41 Å². The summed E-state index contributed by atoms with van der Waals surface area (Å²) in [5.41, 5.74) is 0.239. The molecule has 1 heterocycles. The number of nitrogens with zero attached hydrogens (tertiary/aromatic N) is 1. The van der Waals surface area contributed by atoms with E-state index in [0.717, 1.165) is 32.1 Å². The van der Waals surface area contributed by atoms with Gasteiger partial charge >= 0.3 is 5.97 Å². The van der Waals surface area contributed by atoms with E-state index in [2.05, 4.69) is 10.3 Å². The molecule has 0 unspecified atom stereocenters. The molecule has 104 valence electrons. The van der Waals surface area contributed by atoms with Crippen molar-refractivity contribution in [3.63, 3.8) is 0 Å². The fourth-order valence-corrected chi connectivity index (χ4v) is 3.33. The summed E-state index contributed by atoms with van der Waals surface area (Å²) in [7, 11) is 0. The lowest BCUT2D eigenvalue weighted by atomic mass is 9.82. The third kappa shape index (κ3) is 3.12. The lowest BCUT2D eigenvalue weighted by Gasteiger charge is -2.25. The second-order valence-corrected chi connectivity index (χ2v) is 5.87. The first-order valence-electron chi connectivity index (χ1n) is 6.53. The van der Waals surface area contributed by atoms with E-state index in [-0.39, 0.29) is 17.7 Å². The predicted octanol–water partition coefficient (Wildman–Crippen LogP) is 2.68. The molecule has 0 radical (unpaired) electrons. The van der Waals surface area contributed by atoms with Crippen LogP contribution in [0.1, 0.15) is 44.7 Å². The van der Waals surface area contributed by atoms with Crippen LogP contribution in [0.15, 0.2) is 5.38 Å². The lowest BCUT2D eigenvalue weighted by molar-refractivity contribution is -0.136. The average molecular weight is 282 g/mol. The van der Waals surface area contributed by atoms with Gasteiger partial charge in [-0.25, -0.2) is 4.98 Å². The van der Waals surface area contributed by atoms with Crippen LogP contribution in [0.2, 0.25) is 0 Å². The van der Waals surface area contributed by atoms with Gasteiger partial charge < -0.3 is 10.4 Å². The first kappa shape index (κ1) is 14.0. The third-order valence-electron chi connectivity index (χ3n) is 3.82. The number of carboxylic acid groups (broad SMARTS) is 1. The Hall–Kier alpha value is -1.43. The fourth-order valence-electron chi connectivity index (χ4n) is 2.62. The van der Waals surface area contributed by atoms with E-state index in [1.807, 2.05) is 6.92 Å². The maximum atomic E-state index is 12.3. The Balaban J connectivity index is 2.02. The topological polar surface area (TPSA) is 79.3 Å². The molecule has 0 bridgehead atoms. The minimum Gasteiger partial charge on any atom is -0.481 e. The van der Waals surface area contributed by atoms with Crippen molar-refractivity contribution >= 4 is 28.3 Å². The molecule has 1 fully saturated rings. The first-order chi connectivity index (χ1) is 9.05. The van der Waals surface area contributed by atoms with Crippen LogP contribution in [-0.4, -0.2) is 22.0 Å². The molecule has 1 amide bonds. The van der Waals surface area contributed by atoms with Crippen LogP contribution in [0.4, 0.5) is 5.13 Å². The molecular formula is C13H18N2O3S. The molecular weight excluding hydrogens is 264 g/mol. The number of rotatable bonds is 5. The number of carbonyl (C=O) groups is 2. The molecule has 1 saturated carbocycles. The summed E-state index contributed by atoms with van der Waals surface area (Å²) in [6.45, 7) is 2.04. The van der Waals surface area contributed by atoms with Crippen molar-refractivity contribution in [3.05, 3.63) is 11.1 Å². The summed E-state index contributed by atoms with van der Waals surface area (Å²) in [5, 5.41) is 13.7. The van der Waals surface area contributed by atoms with Gasteiger partial charge in [0, 0.05) is 10.8 Å². The molecule has 1 aromatic heterocycles. The molecule has 0 atom stereocenters. The van der Waals surface area contributed by atoms with E-state index >= 15 is 0 Å². The summed E-state index contributed by atoms with van der Waals surface area (Å²) >= 11 is 1.28. The number of aliphatic carboxylic acids is 1. The van der Waals surface area contributed by atoms with Gasteiger partial charge in [0.15, 0.2) is 5.13 Å². The first-order valence-corrected chi connectivity index (χ1v) is 7.41. The van der Waals surface area contributed by atoms with Crippen molar-refractivity contribution in [2.45, 2.75) is 45.4 Å². The van der Waals surface area contributed by atoms with Crippen LogP contribution < -0.4 is 5.32 Å². The summed E-state index contributed by atoms with van der Waals surface area (Å²) in [6, 6.07) is 0. The van der Waals surface area contributed by atoms with Crippen molar-refractivity contribution in [2.24, 2.45) is 5.41 Å². The molecule has 1 aliphatic carbocycles. The molecule has 2 rings (SSSR count). The average Bonchev–Trinajstić information content (AvgIpc) is 2.98. The quantitative estimate of drug-likeness (QED) is 0.870. The summed E-state index contributed by atoms with van der Waals surface area (Å²) < 4.78 is 0. The zero-order valence-electron chi connectivity index (χ0n) is 10.9. The normalized spacial score (nSPS) is 17.3. The molecule has 0 spiro atoms. The molecule has 19 heavy (non-hydrogen) atoms. The number of hydrogen-bond acceptors (Lipinski definition) is 4. The highest BCUT2D eigenvalue weighted by atomic mass is 32.1. The van der Waals surface area contributed by atoms with Crippen LogP contribution in [0.5, 0.6) is 0 Å². The van der Waals surface area contributed by atoms with Crippen molar-refractivity contribution in [1.29, 1.82) is 0 Å². The van der Waals surface area contributed by atoms with Gasteiger partial charge in [-0.2, -0.15) is 0 Å². The number of carboxylic acids is 1. The van der Waals surface area contributed by atoms with Gasteiger partial charge in [-0.05, 0) is 19.3 Å². The van der Waals surface area contributed by atoms with Gasteiger partial charge in [0.25, 0.3) is 0 Å². The van der Waals surface area contributed by atoms with Crippen LogP contribution in [0.3, 0.4) is 0 Å². The number of amides is 1. The highest BCUT2D eigenvalue weighted by molar-refractivity contribution is 7.13. The third-order valence-corrected chi connectivity index (χ3v) is 4.63. The predicted molar refractivity (Wildman–Crippen MR) is 73.3 cm³/mol. The molecule has 1 aromatic rings. The molecule has 5 nitrogen and oxygen atoms in total. The number of thiazole rings is 1. The standard InChI is InChI=1S/C13H18N2O3S/c1-2-13(5-3-4-6-13)11(18)15-12-14-9(8-19-12)7-10(16)17/h8H,2-7H2,1H3,(H,16,17)(H,14,15,18). The summed E-state index contributed by atoms with van der Waals surface area (Å²) in [6.07, 6.45) is 4.80. The minimum absolute atomic E-state index is 0.0312. The van der Waals surface area contributed by atoms with Crippen molar-refractivity contribution in [2.75, 3.05) is 5.32 Å². The highest BCUT2D eigenvalue weighted by Gasteiger charge is 2.39. The second-order valence-electron chi connectivity index (χ2n) is 5.01. The molecule has 0 aromatic carbocycles. The second kappa shape index (κ2) is 5.69. The number of nitrogens with one attached hydrogen (secondary N) is 1. The van der Waals surface area contributed by atoms with E-state index in [1.165, 1.54) is 11.3 Å². The molecule has 2 N–H and O–H groups in total. The molecule has 0 aliphatic heterocycles. The van der Waals surface area contributed by atoms with E-state index in [4.69, 9.17) is 5.11 Å². The smallest absolute Gasteiger partial charge is 0.309 e. The summed E-state index contributed by atoms with van der Waals surface area (Å²) in [4.78, 5) is 27.1. The Morgan fingerprint density at radius 1 is 1.47 bits per heavy atom. The van der Waals surface area contributed by atoms with E-state index < -0.39 is 5.97 Å². The van der Waals surface area contributed by atoms with Crippen molar-refractivity contribution in [1.82, 2.24) is 4.98 Å². The highest BCUT2D eigenvalue weighted by Crippen LogP contribution is 2.41. The zero-order chi connectivity index (χ0) is 13.9. The fraction of sp³-hybridized carbons (Fsp3) is 0.615. The largest absolute Gasteiger partial charge is 0.481 e. The maximum absolute atomic E-state index is 12.3. The van der Waals surface area contributed by atoms with Gasteiger partial charge in [-0.3, -0.25) is 9.59 Å². The van der Waals surface area contributed by atoms with Gasteiger partial charge in [-0.1, -0.05) is 19.8 Å². The Kier molecular flexibility index (Phi) is 4.19. The minimum atomic E-state index is -0.913. The van der Waals surface area contributed by atoms with Crippen LogP contribution in [-0.2, 0) is 16.0 Å². The SMILES string of the molecule is CCC1(C(=O)Nc2nc(CC(=O)O)cs2)CCCC1. The van der Waals surface area contributed by atoms with E-state index in [0.29, 0.717) is 10.8 Å². The molecule has 0 saturated heterocycles. The maximum Gasteiger partial charge on any atom is 0.309 e. The van der Waals surface area contributed by atoms with E-state index in [9.17, 15) is 9.59 Å². The van der Waals surface area contributed by atoms with Gasteiger partial charge in [0.05, 0.1) is 12.1 Å². The number of hydrogen-bond donors (Lipinski definition) is 2. The van der Waals surface area contributed by atoms with Crippen LogP contribution >= 0.6 is 11.3 Å². The zero-order valence-corrected chi connectivity index (χ0v) is 11.8. The van der Waals surface area contributed by atoms with Gasteiger partial charge in [-0.15, -0.1) is 11.3 Å². The molecule has 1 aliphatic rings. The van der Waals surface area contributed by atoms with E-state index in [1.54, 1.807) is 5.38 Å². The molecule has 6 heteroatoms. The Morgan fingerprint density at radius 3 is 2.74 bits per heavy atom.